The quantitative estimate of drug-likeness (QED) is 0.619. The standard InChI is InChI=1S/C8H17NO2/c1-7(2)11-9-5-8-3-4-10-6-8/h7-9H,3-6H2,1-2H3. The van der Waals surface area contributed by atoms with Gasteiger partial charge in [0, 0.05) is 13.2 Å². The smallest absolute Gasteiger partial charge is 0.0734 e. The third-order valence-electron chi connectivity index (χ3n) is 1.72. The lowest BCUT2D eigenvalue weighted by Crippen LogP contribution is -2.26. The van der Waals surface area contributed by atoms with Gasteiger partial charge in [-0.05, 0) is 26.2 Å². The van der Waals surface area contributed by atoms with Crippen LogP contribution in [0, 0.1) is 5.92 Å². The molecular weight excluding hydrogens is 142 g/mol. The summed E-state index contributed by atoms with van der Waals surface area (Å²) in [5.41, 5.74) is 2.95. The molecule has 1 heterocycles. The van der Waals surface area contributed by atoms with E-state index in [2.05, 4.69) is 5.48 Å². The highest BCUT2D eigenvalue weighted by Gasteiger charge is 2.14. The summed E-state index contributed by atoms with van der Waals surface area (Å²) in [6, 6.07) is 0. The van der Waals surface area contributed by atoms with Crippen molar-refractivity contribution in [2.45, 2.75) is 26.4 Å². The average Bonchev–Trinajstić information content (AvgIpc) is 2.39. The van der Waals surface area contributed by atoms with E-state index in [0.29, 0.717) is 5.92 Å². The molecule has 1 atom stereocenters. The van der Waals surface area contributed by atoms with Crippen LogP contribution in [0.2, 0.25) is 0 Å². The summed E-state index contributed by atoms with van der Waals surface area (Å²) in [6.45, 7) is 6.73. The first-order valence-corrected chi connectivity index (χ1v) is 4.25. The van der Waals surface area contributed by atoms with Gasteiger partial charge in [-0.3, -0.25) is 4.84 Å². The van der Waals surface area contributed by atoms with Gasteiger partial charge in [-0.15, -0.1) is 0 Å². The number of hydroxylamine groups is 1. The Bertz CT molecular complexity index is 100. The molecule has 1 aliphatic heterocycles. The van der Waals surface area contributed by atoms with Gasteiger partial charge in [-0.25, -0.2) is 5.48 Å². The summed E-state index contributed by atoms with van der Waals surface area (Å²) in [6.07, 6.45) is 1.42. The molecule has 1 rings (SSSR count). The van der Waals surface area contributed by atoms with Crippen LogP contribution in [0.1, 0.15) is 20.3 Å². The second kappa shape index (κ2) is 4.70. The highest BCUT2D eigenvalue weighted by atomic mass is 16.7. The Morgan fingerprint density at radius 2 is 2.45 bits per heavy atom. The van der Waals surface area contributed by atoms with Crippen molar-refractivity contribution in [1.82, 2.24) is 5.48 Å². The first-order chi connectivity index (χ1) is 5.29. The first kappa shape index (κ1) is 8.97. The van der Waals surface area contributed by atoms with E-state index in [1.54, 1.807) is 0 Å². The molecule has 0 aromatic heterocycles. The lowest BCUT2D eigenvalue weighted by atomic mass is 10.1. The van der Waals surface area contributed by atoms with E-state index in [1.807, 2.05) is 13.8 Å². The van der Waals surface area contributed by atoms with Gasteiger partial charge in [0.1, 0.15) is 0 Å². The van der Waals surface area contributed by atoms with Crippen LogP contribution in [0.3, 0.4) is 0 Å². The lowest BCUT2D eigenvalue weighted by Gasteiger charge is -2.11. The lowest BCUT2D eigenvalue weighted by molar-refractivity contribution is -0.0121. The largest absolute Gasteiger partial charge is 0.381 e. The van der Waals surface area contributed by atoms with Crippen LogP contribution in [0.4, 0.5) is 0 Å². The van der Waals surface area contributed by atoms with Crippen LogP contribution in [-0.4, -0.2) is 25.9 Å². The second-order valence-corrected chi connectivity index (χ2v) is 3.24. The van der Waals surface area contributed by atoms with Crippen LogP contribution >= 0.6 is 0 Å². The first-order valence-electron chi connectivity index (χ1n) is 4.25. The molecule has 1 aliphatic rings. The SMILES string of the molecule is CC(C)ONCC1CCOC1. The van der Waals surface area contributed by atoms with Crippen LogP contribution in [0.5, 0.6) is 0 Å². The average molecular weight is 159 g/mol. The van der Waals surface area contributed by atoms with Crippen LogP contribution in [0.15, 0.2) is 0 Å². The molecule has 11 heavy (non-hydrogen) atoms. The number of nitrogens with one attached hydrogen (secondary N) is 1. The Labute approximate surface area is 68.0 Å². The topological polar surface area (TPSA) is 30.5 Å². The van der Waals surface area contributed by atoms with Gasteiger partial charge >= 0.3 is 0 Å². The van der Waals surface area contributed by atoms with Crippen molar-refractivity contribution in [3.05, 3.63) is 0 Å². The molecule has 66 valence electrons. The minimum Gasteiger partial charge on any atom is -0.381 e. The Kier molecular flexibility index (Phi) is 3.83. The minimum atomic E-state index is 0.261. The molecule has 3 heteroatoms. The summed E-state index contributed by atoms with van der Waals surface area (Å²) in [5.74, 6) is 0.647. The Morgan fingerprint density at radius 1 is 1.64 bits per heavy atom. The maximum atomic E-state index is 5.22. The summed E-state index contributed by atoms with van der Waals surface area (Å²) < 4.78 is 5.22. The van der Waals surface area contributed by atoms with Gasteiger partial charge in [0.05, 0.1) is 12.7 Å². The molecule has 3 nitrogen and oxygen atoms in total. The Morgan fingerprint density at radius 3 is 3.00 bits per heavy atom. The maximum Gasteiger partial charge on any atom is 0.0734 e. The predicted molar refractivity (Wildman–Crippen MR) is 43.1 cm³/mol. The Hall–Kier alpha value is -0.120. The van der Waals surface area contributed by atoms with Crippen LogP contribution in [0.25, 0.3) is 0 Å². The molecule has 1 N–H and O–H groups in total. The molecule has 0 aromatic rings. The van der Waals surface area contributed by atoms with E-state index in [-0.39, 0.29) is 6.10 Å². The zero-order valence-corrected chi connectivity index (χ0v) is 7.30. The van der Waals surface area contributed by atoms with Gasteiger partial charge in [-0.2, -0.15) is 0 Å². The number of ether oxygens (including phenoxy) is 1. The van der Waals surface area contributed by atoms with E-state index in [0.717, 1.165) is 26.2 Å². The molecule has 0 spiro atoms. The highest BCUT2D eigenvalue weighted by molar-refractivity contribution is 4.64. The molecule has 1 unspecified atom stereocenters. The van der Waals surface area contributed by atoms with E-state index < -0.39 is 0 Å². The van der Waals surface area contributed by atoms with E-state index in [1.165, 1.54) is 0 Å². The van der Waals surface area contributed by atoms with E-state index >= 15 is 0 Å². The third-order valence-corrected chi connectivity index (χ3v) is 1.72. The summed E-state index contributed by atoms with van der Waals surface area (Å²) >= 11 is 0. The summed E-state index contributed by atoms with van der Waals surface area (Å²) in [7, 11) is 0. The Balaban J connectivity index is 1.94. The van der Waals surface area contributed by atoms with Crippen molar-refractivity contribution < 1.29 is 9.57 Å². The number of rotatable bonds is 4. The van der Waals surface area contributed by atoms with Gasteiger partial charge in [0.25, 0.3) is 0 Å². The predicted octanol–water partition coefficient (Wildman–Crippen LogP) is 0.952. The van der Waals surface area contributed by atoms with Crippen molar-refractivity contribution >= 4 is 0 Å². The van der Waals surface area contributed by atoms with Crippen molar-refractivity contribution in [2.75, 3.05) is 19.8 Å². The number of hydrogen-bond donors (Lipinski definition) is 1. The highest BCUT2D eigenvalue weighted by Crippen LogP contribution is 2.10. The third kappa shape index (κ3) is 3.70. The zero-order valence-electron chi connectivity index (χ0n) is 7.30. The monoisotopic (exact) mass is 159 g/mol. The van der Waals surface area contributed by atoms with Crippen molar-refractivity contribution in [1.29, 1.82) is 0 Å². The number of hydrogen-bond acceptors (Lipinski definition) is 3. The molecule has 0 bridgehead atoms. The maximum absolute atomic E-state index is 5.22. The molecule has 1 fully saturated rings. The second-order valence-electron chi connectivity index (χ2n) is 3.24. The van der Waals surface area contributed by atoms with Gasteiger partial charge in [0.2, 0.25) is 0 Å². The molecule has 0 amide bonds. The fourth-order valence-electron chi connectivity index (χ4n) is 1.08. The normalized spacial score (nSPS) is 24.8. The van der Waals surface area contributed by atoms with Crippen molar-refractivity contribution in [3.8, 4) is 0 Å². The fraction of sp³-hybridized carbons (Fsp3) is 1.00. The molecule has 0 radical (unpaired) electrons. The summed E-state index contributed by atoms with van der Waals surface area (Å²) in [4.78, 5) is 5.20. The molecule has 0 aromatic carbocycles. The molecule has 0 aliphatic carbocycles. The fourth-order valence-corrected chi connectivity index (χ4v) is 1.08. The minimum absolute atomic E-state index is 0.261. The van der Waals surface area contributed by atoms with Gasteiger partial charge in [-0.1, -0.05) is 0 Å². The molecule has 0 saturated carbocycles. The van der Waals surface area contributed by atoms with Crippen LogP contribution in [-0.2, 0) is 9.57 Å². The zero-order chi connectivity index (χ0) is 8.10. The van der Waals surface area contributed by atoms with Gasteiger partial charge < -0.3 is 4.74 Å². The van der Waals surface area contributed by atoms with Crippen molar-refractivity contribution in [2.24, 2.45) is 5.92 Å². The van der Waals surface area contributed by atoms with E-state index in [9.17, 15) is 0 Å². The van der Waals surface area contributed by atoms with Crippen LogP contribution < -0.4 is 5.48 Å². The van der Waals surface area contributed by atoms with Crippen molar-refractivity contribution in [3.63, 3.8) is 0 Å². The summed E-state index contributed by atoms with van der Waals surface area (Å²) in [5, 5.41) is 0. The van der Waals surface area contributed by atoms with E-state index in [4.69, 9.17) is 9.57 Å². The molecular formula is C8H17NO2. The molecule has 1 saturated heterocycles. The van der Waals surface area contributed by atoms with Gasteiger partial charge in [0.15, 0.2) is 0 Å².